The van der Waals surface area contributed by atoms with E-state index < -0.39 is 0 Å². The van der Waals surface area contributed by atoms with E-state index in [4.69, 9.17) is 4.98 Å². The lowest BCUT2D eigenvalue weighted by Crippen LogP contribution is -2.47. The minimum absolute atomic E-state index is 0.174. The SMILES string of the molecule is O=C(CC12CC3CC(CC(C3)C1)C2)Nc1cccc2nc(NCCNCc3ccsc3)ccc12. The minimum atomic E-state index is 0.174. The highest BCUT2D eigenvalue weighted by atomic mass is 32.1. The second-order valence-corrected chi connectivity index (χ2v) is 11.7. The van der Waals surface area contributed by atoms with Crippen molar-refractivity contribution in [3.8, 4) is 0 Å². The Morgan fingerprint density at radius 2 is 1.79 bits per heavy atom. The molecule has 0 aliphatic heterocycles. The van der Waals surface area contributed by atoms with Gasteiger partial charge in [0.2, 0.25) is 5.91 Å². The van der Waals surface area contributed by atoms with Gasteiger partial charge in [-0.05, 0) is 108 Å². The summed E-state index contributed by atoms with van der Waals surface area (Å²) >= 11 is 1.73. The molecular weight excluding hydrogens is 440 g/mol. The Hall–Kier alpha value is -2.44. The molecule has 34 heavy (non-hydrogen) atoms. The normalized spacial score (nSPS) is 27.2. The number of hydrogen-bond donors (Lipinski definition) is 3. The number of nitrogens with zero attached hydrogens (tertiary/aromatic N) is 1. The van der Waals surface area contributed by atoms with Gasteiger partial charge in [0.15, 0.2) is 0 Å². The summed E-state index contributed by atoms with van der Waals surface area (Å²) < 4.78 is 0. The highest BCUT2D eigenvalue weighted by Gasteiger charge is 2.51. The van der Waals surface area contributed by atoms with Crippen LogP contribution in [0.3, 0.4) is 0 Å². The van der Waals surface area contributed by atoms with Crippen molar-refractivity contribution in [1.29, 1.82) is 0 Å². The van der Waals surface area contributed by atoms with Gasteiger partial charge in [-0.1, -0.05) is 6.07 Å². The van der Waals surface area contributed by atoms with E-state index >= 15 is 0 Å². The predicted molar refractivity (Wildman–Crippen MR) is 140 cm³/mol. The van der Waals surface area contributed by atoms with Crippen molar-refractivity contribution in [2.45, 2.75) is 51.5 Å². The third-order valence-corrected chi connectivity index (χ3v) is 8.96. The van der Waals surface area contributed by atoms with Crippen LogP contribution in [0, 0.1) is 23.2 Å². The molecule has 4 fully saturated rings. The van der Waals surface area contributed by atoms with Crippen LogP contribution in [0.25, 0.3) is 10.9 Å². The maximum atomic E-state index is 13.1. The van der Waals surface area contributed by atoms with Crippen LogP contribution in [0.1, 0.15) is 50.5 Å². The number of hydrogen-bond acceptors (Lipinski definition) is 5. The van der Waals surface area contributed by atoms with Crippen LogP contribution in [0.15, 0.2) is 47.2 Å². The summed E-state index contributed by atoms with van der Waals surface area (Å²) in [4.78, 5) is 17.9. The number of pyridine rings is 1. The lowest BCUT2D eigenvalue weighted by atomic mass is 9.49. The van der Waals surface area contributed by atoms with E-state index in [1.807, 2.05) is 24.3 Å². The fourth-order valence-corrected chi connectivity index (χ4v) is 7.98. The number of thiophene rings is 1. The van der Waals surface area contributed by atoms with Crippen molar-refractivity contribution in [3.05, 3.63) is 52.7 Å². The Bertz CT molecular complexity index is 1120. The fraction of sp³-hybridized carbons (Fsp3) is 0.500. The van der Waals surface area contributed by atoms with Gasteiger partial charge in [0.25, 0.3) is 0 Å². The Morgan fingerprint density at radius 3 is 2.53 bits per heavy atom. The number of fused-ring (bicyclic) bond motifs is 1. The summed E-state index contributed by atoms with van der Waals surface area (Å²) in [5, 5.41) is 15.4. The van der Waals surface area contributed by atoms with Crippen LogP contribution in [0.2, 0.25) is 0 Å². The molecule has 4 bridgehead atoms. The monoisotopic (exact) mass is 474 g/mol. The van der Waals surface area contributed by atoms with Gasteiger partial charge in [0, 0.05) is 31.4 Å². The molecule has 178 valence electrons. The van der Waals surface area contributed by atoms with Crippen molar-refractivity contribution < 1.29 is 4.79 Å². The molecule has 4 saturated carbocycles. The van der Waals surface area contributed by atoms with Crippen molar-refractivity contribution in [1.82, 2.24) is 10.3 Å². The number of rotatable bonds is 9. The summed E-state index contributed by atoms with van der Waals surface area (Å²) in [5.41, 5.74) is 3.37. The maximum absolute atomic E-state index is 13.1. The molecule has 2 heterocycles. The highest BCUT2D eigenvalue weighted by molar-refractivity contribution is 7.07. The third kappa shape index (κ3) is 4.71. The van der Waals surface area contributed by atoms with Crippen LogP contribution in [0.5, 0.6) is 0 Å². The fourth-order valence-electron chi connectivity index (χ4n) is 7.31. The summed E-state index contributed by atoms with van der Waals surface area (Å²) in [6.07, 6.45) is 8.71. The van der Waals surface area contributed by atoms with Crippen LogP contribution in [-0.4, -0.2) is 24.0 Å². The topological polar surface area (TPSA) is 66.0 Å². The lowest BCUT2D eigenvalue weighted by Gasteiger charge is -2.56. The van der Waals surface area contributed by atoms with Gasteiger partial charge in [0.05, 0.1) is 11.2 Å². The molecule has 1 amide bonds. The molecule has 0 saturated heterocycles. The molecule has 7 rings (SSSR count). The minimum Gasteiger partial charge on any atom is -0.369 e. The molecule has 3 aromatic rings. The number of aromatic nitrogens is 1. The molecule has 0 spiro atoms. The van der Waals surface area contributed by atoms with Crippen LogP contribution >= 0.6 is 11.3 Å². The molecule has 6 heteroatoms. The largest absolute Gasteiger partial charge is 0.369 e. The first-order valence-corrected chi connectivity index (χ1v) is 13.7. The summed E-state index contributed by atoms with van der Waals surface area (Å²) in [6, 6.07) is 12.2. The predicted octanol–water partition coefficient (Wildman–Crippen LogP) is 6.04. The van der Waals surface area contributed by atoms with Gasteiger partial charge in [-0.15, -0.1) is 0 Å². The zero-order chi connectivity index (χ0) is 23.0. The van der Waals surface area contributed by atoms with Crippen LogP contribution in [-0.2, 0) is 11.3 Å². The summed E-state index contributed by atoms with van der Waals surface area (Å²) in [6.45, 7) is 2.57. The standard InChI is InChI=1S/C28H34N4OS/c33-27(16-28-13-20-10-21(14-28)12-22(11-20)15-28)32-25-3-1-2-24-23(25)4-5-26(31-24)30-8-7-29-17-19-6-9-34-18-19/h1-6,9,18,20-22,29H,7-8,10-17H2,(H,30,31)(H,32,33). The second kappa shape index (κ2) is 9.31. The molecule has 3 N–H and O–H groups in total. The number of amides is 1. The molecule has 4 aliphatic carbocycles. The van der Waals surface area contributed by atoms with Crippen molar-refractivity contribution in [2.24, 2.45) is 23.2 Å². The number of benzene rings is 1. The summed E-state index contributed by atoms with van der Waals surface area (Å²) in [7, 11) is 0. The van der Waals surface area contributed by atoms with E-state index in [1.165, 1.54) is 44.1 Å². The van der Waals surface area contributed by atoms with Gasteiger partial charge < -0.3 is 16.0 Å². The molecule has 0 atom stereocenters. The number of carbonyl (C=O) groups is 1. The van der Waals surface area contributed by atoms with Crippen LogP contribution < -0.4 is 16.0 Å². The molecule has 0 radical (unpaired) electrons. The van der Waals surface area contributed by atoms with Gasteiger partial charge in [-0.3, -0.25) is 4.79 Å². The molecule has 0 unspecified atom stereocenters. The number of carbonyl (C=O) groups excluding carboxylic acids is 1. The van der Waals surface area contributed by atoms with E-state index in [2.05, 4.69) is 38.8 Å². The lowest BCUT2D eigenvalue weighted by molar-refractivity contribution is -0.124. The third-order valence-electron chi connectivity index (χ3n) is 8.22. The van der Waals surface area contributed by atoms with E-state index in [9.17, 15) is 4.79 Å². The van der Waals surface area contributed by atoms with Crippen LogP contribution in [0.4, 0.5) is 11.5 Å². The zero-order valence-electron chi connectivity index (χ0n) is 19.7. The van der Waals surface area contributed by atoms with E-state index in [1.54, 1.807) is 11.3 Å². The van der Waals surface area contributed by atoms with Gasteiger partial charge in [-0.2, -0.15) is 11.3 Å². The van der Waals surface area contributed by atoms with Gasteiger partial charge in [0.1, 0.15) is 5.82 Å². The van der Waals surface area contributed by atoms with E-state index in [0.717, 1.165) is 59.8 Å². The van der Waals surface area contributed by atoms with Crippen molar-refractivity contribution in [3.63, 3.8) is 0 Å². The van der Waals surface area contributed by atoms with Gasteiger partial charge in [-0.25, -0.2) is 4.98 Å². The maximum Gasteiger partial charge on any atom is 0.224 e. The Morgan fingerprint density at radius 1 is 1.00 bits per heavy atom. The molecule has 2 aromatic heterocycles. The quantitative estimate of drug-likeness (QED) is 0.331. The average Bonchev–Trinajstić information content (AvgIpc) is 3.31. The van der Waals surface area contributed by atoms with Crippen molar-refractivity contribution >= 4 is 39.7 Å². The molecule has 4 aliphatic rings. The molecule has 1 aromatic carbocycles. The first-order chi connectivity index (χ1) is 16.6. The first-order valence-electron chi connectivity index (χ1n) is 12.8. The molecule has 5 nitrogen and oxygen atoms in total. The number of nitrogens with one attached hydrogen (secondary N) is 3. The Balaban J connectivity index is 1.06. The highest BCUT2D eigenvalue weighted by Crippen LogP contribution is 2.61. The Labute approximate surface area is 205 Å². The average molecular weight is 475 g/mol. The Kier molecular flexibility index (Phi) is 6.04. The van der Waals surface area contributed by atoms with E-state index in [0.29, 0.717) is 6.42 Å². The zero-order valence-corrected chi connectivity index (χ0v) is 20.5. The first kappa shape index (κ1) is 22.1. The summed E-state index contributed by atoms with van der Waals surface area (Å²) in [5.74, 6) is 3.66. The van der Waals surface area contributed by atoms with Gasteiger partial charge >= 0.3 is 0 Å². The second-order valence-electron chi connectivity index (χ2n) is 10.9. The smallest absolute Gasteiger partial charge is 0.224 e. The number of anilines is 2. The molecular formula is C28H34N4OS. The van der Waals surface area contributed by atoms with E-state index in [-0.39, 0.29) is 11.3 Å². The van der Waals surface area contributed by atoms with Crippen molar-refractivity contribution in [2.75, 3.05) is 23.7 Å².